The first kappa shape index (κ1) is 17.0. The van der Waals surface area contributed by atoms with Crippen LogP contribution < -0.4 is 5.56 Å². The average Bonchev–Trinajstić information content (AvgIpc) is 3.19. The van der Waals surface area contributed by atoms with Crippen molar-refractivity contribution in [2.75, 3.05) is 26.2 Å². The summed E-state index contributed by atoms with van der Waals surface area (Å²) in [5.41, 5.74) is 2.05. The fraction of sp³-hybridized carbons (Fsp3) is 0.450. The number of nitrogens with one attached hydrogen (secondary N) is 1. The number of nitrogens with zero attached hydrogens (tertiary/aromatic N) is 3. The number of rotatable bonds is 3. The molecule has 2 aliphatic rings. The molecule has 1 N–H and O–H groups in total. The van der Waals surface area contributed by atoms with Crippen molar-refractivity contribution < 1.29 is 4.79 Å². The first-order valence-corrected chi connectivity index (χ1v) is 9.40. The van der Waals surface area contributed by atoms with Crippen LogP contribution in [0.4, 0.5) is 0 Å². The average molecular weight is 352 g/mol. The number of likely N-dealkylation sites (tertiary alicyclic amines) is 2. The summed E-state index contributed by atoms with van der Waals surface area (Å²) in [5.74, 6) is 0.102. The molecule has 1 aromatic carbocycles. The van der Waals surface area contributed by atoms with Crippen LogP contribution in [0.2, 0.25) is 0 Å². The summed E-state index contributed by atoms with van der Waals surface area (Å²) < 4.78 is 0. The molecule has 4 rings (SSSR count). The quantitative estimate of drug-likeness (QED) is 0.919. The van der Waals surface area contributed by atoms with Gasteiger partial charge in [0.15, 0.2) is 0 Å². The molecule has 1 atom stereocenters. The van der Waals surface area contributed by atoms with Crippen LogP contribution in [0, 0.1) is 0 Å². The Hall–Kier alpha value is -2.47. The van der Waals surface area contributed by atoms with Gasteiger partial charge in [-0.1, -0.05) is 18.6 Å². The molecule has 26 heavy (non-hydrogen) atoms. The van der Waals surface area contributed by atoms with E-state index in [0.717, 1.165) is 25.1 Å². The molecule has 0 bridgehead atoms. The van der Waals surface area contributed by atoms with E-state index in [4.69, 9.17) is 0 Å². The van der Waals surface area contributed by atoms with E-state index in [1.165, 1.54) is 38.4 Å². The monoisotopic (exact) mass is 352 g/mol. The second kappa shape index (κ2) is 7.41. The van der Waals surface area contributed by atoms with E-state index >= 15 is 0 Å². The predicted molar refractivity (Wildman–Crippen MR) is 100 cm³/mol. The number of aromatic amines is 1. The Morgan fingerprint density at radius 3 is 2.46 bits per heavy atom. The molecule has 0 saturated carbocycles. The summed E-state index contributed by atoms with van der Waals surface area (Å²) in [6.07, 6.45) is 4.98. The molecule has 1 amide bonds. The standard InChI is InChI=1S/C20H24N4O2/c25-19-9-8-18(21-22-19)15-4-6-16(7-5-15)20(26)24-13-10-17(14-24)23-11-2-1-3-12-23/h4-9,17H,1-3,10-14H2,(H,22,25). The van der Waals surface area contributed by atoms with Gasteiger partial charge >= 0.3 is 0 Å². The number of carbonyl (C=O) groups is 1. The van der Waals surface area contributed by atoms with Crippen molar-refractivity contribution in [3.8, 4) is 11.3 Å². The lowest BCUT2D eigenvalue weighted by molar-refractivity contribution is 0.0771. The number of H-pyrrole nitrogens is 1. The first-order chi connectivity index (χ1) is 12.7. The molecule has 3 heterocycles. The van der Waals surface area contributed by atoms with Crippen LogP contribution in [0.15, 0.2) is 41.2 Å². The second-order valence-electron chi connectivity index (χ2n) is 7.17. The molecule has 1 aromatic heterocycles. The highest BCUT2D eigenvalue weighted by atomic mass is 16.2. The summed E-state index contributed by atoms with van der Waals surface area (Å²) in [6.45, 7) is 4.02. The Labute approximate surface area is 152 Å². The summed E-state index contributed by atoms with van der Waals surface area (Å²) >= 11 is 0. The van der Waals surface area contributed by atoms with Crippen molar-refractivity contribution in [3.63, 3.8) is 0 Å². The molecule has 0 aliphatic carbocycles. The fourth-order valence-electron chi connectivity index (χ4n) is 3.98. The largest absolute Gasteiger partial charge is 0.337 e. The van der Waals surface area contributed by atoms with E-state index in [1.54, 1.807) is 6.07 Å². The van der Waals surface area contributed by atoms with E-state index in [2.05, 4.69) is 15.1 Å². The molecule has 136 valence electrons. The molecule has 2 aromatic rings. The SMILES string of the molecule is O=C(c1ccc(-c2ccc(=O)[nH]n2)cc1)N1CCC(N2CCCCC2)C1. The number of aromatic nitrogens is 2. The summed E-state index contributed by atoms with van der Waals surface area (Å²) in [6, 6.07) is 11.1. The lowest BCUT2D eigenvalue weighted by Gasteiger charge is -2.32. The summed E-state index contributed by atoms with van der Waals surface area (Å²) in [5, 5.41) is 6.45. The third-order valence-corrected chi connectivity index (χ3v) is 5.46. The van der Waals surface area contributed by atoms with Gasteiger partial charge in [-0.05, 0) is 50.6 Å². The fourth-order valence-corrected chi connectivity index (χ4v) is 3.98. The lowest BCUT2D eigenvalue weighted by atomic mass is 10.1. The number of hydrogen-bond acceptors (Lipinski definition) is 4. The van der Waals surface area contributed by atoms with E-state index in [-0.39, 0.29) is 11.5 Å². The molecule has 6 nitrogen and oxygen atoms in total. The number of carbonyl (C=O) groups excluding carboxylic acids is 1. The van der Waals surface area contributed by atoms with Gasteiger partial charge in [0.1, 0.15) is 0 Å². The van der Waals surface area contributed by atoms with Gasteiger partial charge in [-0.15, -0.1) is 0 Å². The minimum absolute atomic E-state index is 0.102. The Bertz CT molecular complexity index is 804. The van der Waals surface area contributed by atoms with Crippen molar-refractivity contribution in [3.05, 3.63) is 52.3 Å². The third-order valence-electron chi connectivity index (χ3n) is 5.46. The van der Waals surface area contributed by atoms with E-state index in [1.807, 2.05) is 29.2 Å². The van der Waals surface area contributed by atoms with E-state index in [9.17, 15) is 9.59 Å². The molecule has 6 heteroatoms. The number of benzene rings is 1. The molecular weight excluding hydrogens is 328 g/mol. The highest BCUT2D eigenvalue weighted by Gasteiger charge is 2.31. The van der Waals surface area contributed by atoms with Gasteiger partial charge in [-0.3, -0.25) is 14.5 Å². The van der Waals surface area contributed by atoms with Crippen molar-refractivity contribution in [1.29, 1.82) is 0 Å². The summed E-state index contributed by atoms with van der Waals surface area (Å²) in [4.78, 5) is 28.5. The Morgan fingerprint density at radius 2 is 1.77 bits per heavy atom. The van der Waals surface area contributed by atoms with Gasteiger partial charge < -0.3 is 4.90 Å². The molecule has 2 aliphatic heterocycles. The van der Waals surface area contributed by atoms with Gasteiger partial charge in [0.2, 0.25) is 0 Å². The normalized spacial score (nSPS) is 21.1. The van der Waals surface area contributed by atoms with Gasteiger partial charge in [-0.2, -0.15) is 5.10 Å². The van der Waals surface area contributed by atoms with Crippen LogP contribution in [0.25, 0.3) is 11.3 Å². The zero-order valence-electron chi connectivity index (χ0n) is 14.9. The van der Waals surface area contributed by atoms with E-state index in [0.29, 0.717) is 17.3 Å². The van der Waals surface area contributed by atoms with Crippen molar-refractivity contribution in [2.24, 2.45) is 0 Å². The minimum Gasteiger partial charge on any atom is -0.337 e. The second-order valence-corrected chi connectivity index (χ2v) is 7.17. The Kier molecular flexibility index (Phi) is 4.84. The van der Waals surface area contributed by atoms with Crippen LogP contribution >= 0.6 is 0 Å². The number of hydrogen-bond donors (Lipinski definition) is 1. The Balaban J connectivity index is 1.42. The van der Waals surface area contributed by atoms with E-state index < -0.39 is 0 Å². The predicted octanol–water partition coefficient (Wildman–Crippen LogP) is 2.14. The zero-order chi connectivity index (χ0) is 17.9. The van der Waals surface area contributed by atoms with Gasteiger partial charge in [0.05, 0.1) is 5.69 Å². The van der Waals surface area contributed by atoms with Crippen LogP contribution in [0.1, 0.15) is 36.0 Å². The molecular formula is C20H24N4O2. The maximum absolute atomic E-state index is 12.8. The zero-order valence-corrected chi connectivity index (χ0v) is 14.9. The maximum atomic E-state index is 12.8. The number of piperidine rings is 1. The van der Waals surface area contributed by atoms with Gasteiger partial charge in [0.25, 0.3) is 11.5 Å². The first-order valence-electron chi connectivity index (χ1n) is 9.40. The lowest BCUT2D eigenvalue weighted by Crippen LogP contribution is -2.41. The third kappa shape index (κ3) is 3.55. The molecule has 0 spiro atoms. The number of amides is 1. The highest BCUT2D eigenvalue weighted by Crippen LogP contribution is 2.22. The highest BCUT2D eigenvalue weighted by molar-refractivity contribution is 5.94. The van der Waals surface area contributed by atoms with Crippen molar-refractivity contribution in [1.82, 2.24) is 20.0 Å². The van der Waals surface area contributed by atoms with Crippen molar-refractivity contribution >= 4 is 5.91 Å². The smallest absolute Gasteiger partial charge is 0.264 e. The van der Waals surface area contributed by atoms with Gasteiger partial charge in [0, 0.05) is 36.3 Å². The minimum atomic E-state index is -0.224. The van der Waals surface area contributed by atoms with Crippen LogP contribution in [-0.4, -0.2) is 58.1 Å². The van der Waals surface area contributed by atoms with Crippen LogP contribution in [0.5, 0.6) is 0 Å². The van der Waals surface area contributed by atoms with Crippen LogP contribution in [-0.2, 0) is 0 Å². The van der Waals surface area contributed by atoms with Crippen LogP contribution in [0.3, 0.4) is 0 Å². The maximum Gasteiger partial charge on any atom is 0.264 e. The Morgan fingerprint density at radius 1 is 1.00 bits per heavy atom. The van der Waals surface area contributed by atoms with Gasteiger partial charge in [-0.25, -0.2) is 5.10 Å². The molecule has 0 radical (unpaired) electrons. The summed E-state index contributed by atoms with van der Waals surface area (Å²) in [7, 11) is 0. The van der Waals surface area contributed by atoms with Crippen molar-refractivity contribution in [2.45, 2.75) is 31.7 Å². The molecule has 1 unspecified atom stereocenters. The molecule has 2 fully saturated rings. The topological polar surface area (TPSA) is 69.3 Å². The molecule has 2 saturated heterocycles.